The molecule has 0 radical (unpaired) electrons. The summed E-state index contributed by atoms with van der Waals surface area (Å²) in [6.45, 7) is 11.0. The number of benzene rings is 1. The van der Waals surface area contributed by atoms with Crippen molar-refractivity contribution in [3.05, 3.63) is 23.8 Å². The first-order valence-electron chi connectivity index (χ1n) is 9.67. The van der Waals surface area contributed by atoms with E-state index in [9.17, 15) is 4.79 Å². The number of amides is 1. The largest absolute Gasteiger partial charge is 0.488 e. The van der Waals surface area contributed by atoms with Crippen molar-refractivity contribution in [3.8, 4) is 5.75 Å². The van der Waals surface area contributed by atoms with E-state index in [1.165, 1.54) is 5.56 Å². The molecular formula is C21H36N2O3. The number of aliphatic hydroxyl groups excluding tert-OH is 1. The van der Waals surface area contributed by atoms with Crippen LogP contribution in [0.1, 0.15) is 53.0 Å². The fourth-order valence-corrected chi connectivity index (χ4v) is 3.21. The van der Waals surface area contributed by atoms with Crippen LogP contribution in [0.5, 0.6) is 5.75 Å². The number of hydrogen-bond acceptors (Lipinski definition) is 4. The summed E-state index contributed by atoms with van der Waals surface area (Å²) >= 11 is 0. The van der Waals surface area contributed by atoms with Gasteiger partial charge in [-0.25, -0.2) is 0 Å². The Morgan fingerprint density at radius 1 is 1.27 bits per heavy atom. The minimum Gasteiger partial charge on any atom is -0.488 e. The van der Waals surface area contributed by atoms with Gasteiger partial charge in [0.05, 0.1) is 0 Å². The van der Waals surface area contributed by atoms with Gasteiger partial charge >= 0.3 is 0 Å². The molecular weight excluding hydrogens is 328 g/mol. The van der Waals surface area contributed by atoms with Crippen LogP contribution >= 0.6 is 0 Å². The molecule has 0 aromatic heterocycles. The van der Waals surface area contributed by atoms with Gasteiger partial charge in [-0.05, 0) is 43.7 Å². The Labute approximate surface area is 158 Å². The van der Waals surface area contributed by atoms with Gasteiger partial charge in [-0.3, -0.25) is 4.79 Å². The molecule has 0 spiro atoms. The lowest BCUT2D eigenvalue weighted by Gasteiger charge is -2.35. The molecule has 2 N–H and O–H groups in total. The molecule has 1 aliphatic carbocycles. The Kier molecular flexibility index (Phi) is 8.41. The van der Waals surface area contributed by atoms with Gasteiger partial charge in [0.25, 0.3) is 0 Å². The molecule has 3 rings (SSSR count). The van der Waals surface area contributed by atoms with Gasteiger partial charge < -0.3 is 20.1 Å². The summed E-state index contributed by atoms with van der Waals surface area (Å²) in [4.78, 5) is 14.5. The van der Waals surface area contributed by atoms with Crippen LogP contribution in [0.3, 0.4) is 0 Å². The molecule has 1 aromatic rings. The van der Waals surface area contributed by atoms with Crippen molar-refractivity contribution in [2.45, 2.75) is 65.5 Å². The topological polar surface area (TPSA) is 61.8 Å². The van der Waals surface area contributed by atoms with E-state index in [0.717, 1.165) is 37.8 Å². The molecule has 1 atom stereocenters. The number of hydrogen-bond donors (Lipinski definition) is 2. The molecule has 2 aliphatic rings. The zero-order valence-electron chi connectivity index (χ0n) is 17.4. The first kappa shape index (κ1) is 22.3. The second kappa shape index (κ2) is 9.81. The first-order chi connectivity index (χ1) is 12.4. The van der Waals surface area contributed by atoms with Gasteiger partial charge in [0.2, 0.25) is 5.91 Å². The maximum atomic E-state index is 12.4. The number of nitrogens with zero attached hydrogens (tertiary/aromatic N) is 1. The summed E-state index contributed by atoms with van der Waals surface area (Å²) in [6, 6.07) is 6.16. The van der Waals surface area contributed by atoms with E-state index >= 15 is 0 Å². The lowest BCUT2D eigenvalue weighted by Crippen LogP contribution is -2.50. The summed E-state index contributed by atoms with van der Waals surface area (Å²) in [6.07, 6.45) is 3.10. The van der Waals surface area contributed by atoms with E-state index in [1.54, 1.807) is 0 Å². The van der Waals surface area contributed by atoms with E-state index in [-0.39, 0.29) is 23.5 Å². The Bertz CT molecular complexity index is 583. The Morgan fingerprint density at radius 3 is 2.42 bits per heavy atom. The third-order valence-electron chi connectivity index (χ3n) is 4.77. The van der Waals surface area contributed by atoms with Crippen LogP contribution in [0.4, 0.5) is 5.69 Å². The number of aliphatic hydroxyl groups is 1. The molecule has 26 heavy (non-hydrogen) atoms. The fraction of sp³-hybridized carbons (Fsp3) is 0.667. The highest BCUT2D eigenvalue weighted by Gasteiger charge is 2.40. The van der Waals surface area contributed by atoms with Gasteiger partial charge in [0.15, 0.2) is 0 Å². The van der Waals surface area contributed by atoms with E-state index in [0.29, 0.717) is 6.54 Å². The zero-order valence-corrected chi connectivity index (χ0v) is 17.4. The third-order valence-corrected chi connectivity index (χ3v) is 4.77. The second-order valence-corrected chi connectivity index (χ2v) is 7.18. The van der Waals surface area contributed by atoms with Gasteiger partial charge in [-0.15, -0.1) is 0 Å². The Hall–Kier alpha value is -1.75. The van der Waals surface area contributed by atoms with E-state index in [2.05, 4.69) is 49.2 Å². The van der Waals surface area contributed by atoms with Crippen LogP contribution in [-0.2, 0) is 11.2 Å². The molecule has 0 bridgehead atoms. The minimum atomic E-state index is -0.147. The number of carbonyl (C=O) groups excluding carboxylic acids is 1. The number of fused-ring (bicyclic) bond motifs is 1. The first-order valence-corrected chi connectivity index (χ1v) is 9.67. The predicted molar refractivity (Wildman–Crippen MR) is 108 cm³/mol. The molecule has 5 nitrogen and oxygen atoms in total. The quantitative estimate of drug-likeness (QED) is 0.863. The normalized spacial score (nSPS) is 20.3. The lowest BCUT2D eigenvalue weighted by molar-refractivity contribution is -0.123. The maximum absolute atomic E-state index is 12.4. The average molecular weight is 365 g/mol. The van der Waals surface area contributed by atoms with Crippen LogP contribution in [0.15, 0.2) is 18.2 Å². The van der Waals surface area contributed by atoms with E-state index < -0.39 is 0 Å². The van der Waals surface area contributed by atoms with Crippen molar-refractivity contribution in [1.82, 2.24) is 5.32 Å². The fourth-order valence-electron chi connectivity index (χ4n) is 3.21. The highest BCUT2D eigenvalue weighted by molar-refractivity contribution is 5.86. The van der Waals surface area contributed by atoms with Gasteiger partial charge in [0.1, 0.15) is 17.4 Å². The molecule has 1 saturated carbocycles. The Morgan fingerprint density at radius 2 is 1.88 bits per heavy atom. The van der Waals surface area contributed by atoms with Crippen LogP contribution in [-0.4, -0.2) is 43.4 Å². The van der Waals surface area contributed by atoms with E-state index in [4.69, 9.17) is 9.84 Å². The summed E-state index contributed by atoms with van der Waals surface area (Å²) in [5.74, 6) is 1.28. The maximum Gasteiger partial charge on any atom is 0.242 e. The highest BCUT2D eigenvalue weighted by atomic mass is 16.5. The molecule has 5 heteroatoms. The zero-order chi connectivity index (χ0) is 19.9. The molecule has 1 aliphatic heterocycles. The smallest absolute Gasteiger partial charge is 0.242 e. The van der Waals surface area contributed by atoms with Crippen LogP contribution < -0.4 is 15.0 Å². The number of likely N-dealkylation sites (N-methyl/N-ethyl adjacent to an activating group) is 1. The lowest BCUT2D eigenvalue weighted by atomic mass is 9.97. The van der Waals surface area contributed by atoms with Crippen LogP contribution in [0, 0.1) is 5.92 Å². The molecule has 148 valence electrons. The summed E-state index contributed by atoms with van der Waals surface area (Å²) in [7, 11) is 3.01. The van der Waals surface area contributed by atoms with Crippen molar-refractivity contribution >= 4 is 11.6 Å². The molecule has 1 aromatic carbocycles. The standard InChI is InChI=1S/C18H26N2O2.C2H6.CH4O/c1-12(2)16-17(21)19-10-7-13-5-6-14(11-15(13)20(16)4)22-18(3)8-9-18;2*1-2/h5-6,11-12,16H,7-10H2,1-4H3,(H,19,21);1-2H3;2H,1H3. The van der Waals surface area contributed by atoms with Gasteiger partial charge in [-0.1, -0.05) is 33.8 Å². The molecule has 1 heterocycles. The summed E-state index contributed by atoms with van der Waals surface area (Å²) < 4.78 is 6.09. The number of anilines is 1. The SMILES string of the molecule is CC.CC(C)C1C(=O)NCCc2ccc(OC3(C)CC3)cc2N1C.CO. The van der Waals surface area contributed by atoms with Crippen molar-refractivity contribution in [3.63, 3.8) is 0 Å². The molecule has 1 fully saturated rings. The Balaban J connectivity index is 0.000000791. The summed E-state index contributed by atoms with van der Waals surface area (Å²) in [5, 5.41) is 10.0. The number of rotatable bonds is 3. The predicted octanol–water partition coefficient (Wildman–Crippen LogP) is 3.39. The number of carbonyl (C=O) groups is 1. The van der Waals surface area contributed by atoms with Crippen molar-refractivity contribution < 1.29 is 14.6 Å². The molecule has 1 unspecified atom stereocenters. The monoisotopic (exact) mass is 364 g/mol. The summed E-state index contributed by atoms with van der Waals surface area (Å²) in [5.41, 5.74) is 2.40. The number of nitrogens with one attached hydrogen (secondary N) is 1. The number of ether oxygens (including phenoxy) is 1. The van der Waals surface area contributed by atoms with Gasteiger partial charge in [0, 0.05) is 32.5 Å². The molecule has 1 amide bonds. The van der Waals surface area contributed by atoms with E-state index in [1.807, 2.05) is 20.9 Å². The minimum absolute atomic E-state index is 0.0171. The van der Waals surface area contributed by atoms with Crippen molar-refractivity contribution in [2.75, 3.05) is 25.6 Å². The second-order valence-electron chi connectivity index (χ2n) is 7.18. The van der Waals surface area contributed by atoms with Crippen LogP contribution in [0.25, 0.3) is 0 Å². The van der Waals surface area contributed by atoms with Crippen molar-refractivity contribution in [2.24, 2.45) is 5.92 Å². The third kappa shape index (κ3) is 5.37. The van der Waals surface area contributed by atoms with Gasteiger partial charge in [-0.2, -0.15) is 0 Å². The molecule has 0 saturated heterocycles. The van der Waals surface area contributed by atoms with Crippen LogP contribution in [0.2, 0.25) is 0 Å². The highest BCUT2D eigenvalue weighted by Crippen LogP contribution is 2.41. The average Bonchev–Trinajstić information content (AvgIpc) is 3.35. The van der Waals surface area contributed by atoms with Crippen molar-refractivity contribution in [1.29, 1.82) is 0 Å².